The summed E-state index contributed by atoms with van der Waals surface area (Å²) in [6.45, 7) is 9.22. The second-order valence-corrected chi connectivity index (χ2v) is 3.65. The fourth-order valence-electron chi connectivity index (χ4n) is 1.38. The van der Waals surface area contributed by atoms with E-state index in [1.165, 1.54) is 19.5 Å². The van der Waals surface area contributed by atoms with E-state index in [0.29, 0.717) is 5.41 Å². The van der Waals surface area contributed by atoms with Crippen molar-refractivity contribution in [1.29, 1.82) is 0 Å². The van der Waals surface area contributed by atoms with Gasteiger partial charge in [0.05, 0.1) is 0 Å². The predicted molar refractivity (Wildman–Crippen MR) is 43.0 cm³/mol. The molecule has 1 saturated heterocycles. The fraction of sp³-hybridized carbons (Fsp3) is 0.875. The Morgan fingerprint density at radius 3 is 2.00 bits per heavy atom. The van der Waals surface area contributed by atoms with Crippen LogP contribution >= 0.6 is 0 Å². The van der Waals surface area contributed by atoms with Gasteiger partial charge < -0.3 is 9.69 Å². The maximum Gasteiger partial charge on any atom is 0.106 e. The molecule has 1 aliphatic rings. The van der Waals surface area contributed by atoms with Crippen LogP contribution in [0.5, 0.6) is 0 Å². The Kier molecular flexibility index (Phi) is 3.58. The molecule has 10 heavy (non-hydrogen) atoms. The lowest BCUT2D eigenvalue weighted by Gasteiger charge is -2.15. The average Bonchev–Trinajstić information content (AvgIpc) is 2.15. The first-order valence-electron chi connectivity index (χ1n) is 3.58. The molecule has 1 rings (SSSR count). The van der Waals surface area contributed by atoms with Gasteiger partial charge in [-0.2, -0.15) is 0 Å². The van der Waals surface area contributed by atoms with Crippen molar-refractivity contribution < 1.29 is 4.79 Å². The number of hydrogen-bond donors (Lipinski definition) is 0. The zero-order chi connectivity index (χ0) is 8.20. The zero-order valence-corrected chi connectivity index (χ0v) is 7.18. The quantitative estimate of drug-likeness (QED) is 0.507. The summed E-state index contributed by atoms with van der Waals surface area (Å²) in [6.07, 6.45) is 1.36. The van der Waals surface area contributed by atoms with Crippen molar-refractivity contribution in [1.82, 2.24) is 4.90 Å². The Morgan fingerprint density at radius 1 is 1.40 bits per heavy atom. The van der Waals surface area contributed by atoms with Crippen molar-refractivity contribution in [3.8, 4) is 0 Å². The molecule has 1 aliphatic heterocycles. The van der Waals surface area contributed by atoms with Crippen LogP contribution < -0.4 is 0 Å². The summed E-state index contributed by atoms with van der Waals surface area (Å²) in [5, 5.41) is 0. The molecule has 0 aromatic carbocycles. The minimum atomic E-state index is 0.592. The van der Waals surface area contributed by atoms with E-state index in [0.717, 1.165) is 0 Å². The van der Waals surface area contributed by atoms with Gasteiger partial charge in [-0.05, 0) is 25.4 Å². The average molecular weight is 143 g/mol. The number of hydrogen-bond acceptors (Lipinski definition) is 2. The van der Waals surface area contributed by atoms with E-state index in [1.807, 2.05) is 6.79 Å². The summed E-state index contributed by atoms with van der Waals surface area (Å²) in [6, 6.07) is 0. The van der Waals surface area contributed by atoms with Crippen molar-refractivity contribution in [2.75, 3.05) is 20.1 Å². The van der Waals surface area contributed by atoms with Crippen molar-refractivity contribution in [2.45, 2.75) is 20.3 Å². The first-order chi connectivity index (χ1) is 4.60. The first kappa shape index (κ1) is 9.63. The Balaban J connectivity index is 0.000000371. The standard InChI is InChI=1S/C7H15N.CH2O/c1-7(2)4-5-8(3)6-7;1-2/h4-6H2,1-3H3;1H2. The lowest BCUT2D eigenvalue weighted by atomic mass is 9.93. The van der Waals surface area contributed by atoms with Crippen LogP contribution in [0.15, 0.2) is 0 Å². The second kappa shape index (κ2) is 3.71. The van der Waals surface area contributed by atoms with Gasteiger partial charge in [-0.1, -0.05) is 13.8 Å². The smallest absolute Gasteiger partial charge is 0.106 e. The van der Waals surface area contributed by atoms with Gasteiger partial charge in [0.25, 0.3) is 0 Å². The molecule has 60 valence electrons. The largest absolute Gasteiger partial charge is 0.307 e. The Bertz CT molecular complexity index is 101. The van der Waals surface area contributed by atoms with Crippen molar-refractivity contribution in [2.24, 2.45) is 5.41 Å². The van der Waals surface area contributed by atoms with Gasteiger partial charge in [0.2, 0.25) is 0 Å². The summed E-state index contributed by atoms with van der Waals surface area (Å²) in [5.74, 6) is 0. The lowest BCUT2D eigenvalue weighted by molar-refractivity contribution is -0.0979. The molecule has 0 aromatic heterocycles. The molecule has 2 heteroatoms. The van der Waals surface area contributed by atoms with Gasteiger partial charge in [-0.15, -0.1) is 0 Å². The number of likely N-dealkylation sites (tertiary alicyclic amines) is 1. The van der Waals surface area contributed by atoms with Crippen molar-refractivity contribution in [3.63, 3.8) is 0 Å². The third-order valence-corrected chi connectivity index (χ3v) is 1.87. The van der Waals surface area contributed by atoms with Crippen LogP contribution in [0.4, 0.5) is 0 Å². The van der Waals surface area contributed by atoms with E-state index >= 15 is 0 Å². The van der Waals surface area contributed by atoms with Gasteiger partial charge in [0.15, 0.2) is 0 Å². The molecular formula is C8H17NO. The SMILES string of the molecule is C=O.CN1CCC(C)(C)C1. The van der Waals surface area contributed by atoms with Gasteiger partial charge in [0.1, 0.15) is 6.79 Å². The third kappa shape index (κ3) is 2.97. The number of carbonyl (C=O) groups is 1. The molecule has 0 amide bonds. The van der Waals surface area contributed by atoms with E-state index in [2.05, 4.69) is 25.8 Å². The second-order valence-electron chi connectivity index (χ2n) is 3.65. The minimum absolute atomic E-state index is 0.592. The van der Waals surface area contributed by atoms with Gasteiger partial charge in [0, 0.05) is 6.54 Å². The molecule has 0 N–H and O–H groups in total. The zero-order valence-electron chi connectivity index (χ0n) is 7.18. The van der Waals surface area contributed by atoms with Crippen molar-refractivity contribution >= 4 is 6.79 Å². The van der Waals surface area contributed by atoms with Crippen LogP contribution in [0.2, 0.25) is 0 Å². The minimum Gasteiger partial charge on any atom is -0.307 e. The molecule has 1 fully saturated rings. The Labute approximate surface area is 63.2 Å². The lowest BCUT2D eigenvalue weighted by Crippen LogP contribution is -2.18. The number of nitrogens with zero attached hydrogens (tertiary/aromatic N) is 1. The van der Waals surface area contributed by atoms with Crippen LogP contribution in [-0.4, -0.2) is 31.8 Å². The summed E-state index contributed by atoms with van der Waals surface area (Å²) in [4.78, 5) is 10.4. The number of carbonyl (C=O) groups excluding carboxylic acids is 1. The molecule has 2 nitrogen and oxygen atoms in total. The van der Waals surface area contributed by atoms with E-state index < -0.39 is 0 Å². The van der Waals surface area contributed by atoms with Crippen LogP contribution in [0.1, 0.15) is 20.3 Å². The van der Waals surface area contributed by atoms with Crippen LogP contribution in [0, 0.1) is 5.41 Å². The molecule has 0 spiro atoms. The van der Waals surface area contributed by atoms with E-state index in [9.17, 15) is 0 Å². The van der Waals surface area contributed by atoms with Gasteiger partial charge in [-0.3, -0.25) is 0 Å². The van der Waals surface area contributed by atoms with Gasteiger partial charge >= 0.3 is 0 Å². The maximum absolute atomic E-state index is 8.00. The highest BCUT2D eigenvalue weighted by molar-refractivity contribution is 5.10. The third-order valence-electron chi connectivity index (χ3n) is 1.87. The Hall–Kier alpha value is -0.370. The molecule has 0 atom stereocenters. The maximum atomic E-state index is 8.00. The summed E-state index contributed by atoms with van der Waals surface area (Å²) >= 11 is 0. The van der Waals surface area contributed by atoms with Crippen LogP contribution in [-0.2, 0) is 4.79 Å². The summed E-state index contributed by atoms with van der Waals surface area (Å²) < 4.78 is 0. The molecule has 0 radical (unpaired) electrons. The molecule has 0 aromatic rings. The highest BCUT2D eigenvalue weighted by atomic mass is 16.1. The van der Waals surface area contributed by atoms with Crippen molar-refractivity contribution in [3.05, 3.63) is 0 Å². The molecular weight excluding hydrogens is 126 g/mol. The molecule has 0 saturated carbocycles. The summed E-state index contributed by atoms with van der Waals surface area (Å²) in [7, 11) is 2.19. The molecule has 0 aliphatic carbocycles. The monoisotopic (exact) mass is 143 g/mol. The molecule has 1 heterocycles. The highest BCUT2D eigenvalue weighted by Gasteiger charge is 2.26. The van der Waals surface area contributed by atoms with E-state index in [-0.39, 0.29) is 0 Å². The van der Waals surface area contributed by atoms with Crippen LogP contribution in [0.3, 0.4) is 0 Å². The topological polar surface area (TPSA) is 20.3 Å². The van der Waals surface area contributed by atoms with E-state index in [1.54, 1.807) is 0 Å². The molecule has 0 bridgehead atoms. The first-order valence-corrected chi connectivity index (χ1v) is 3.58. The molecule has 0 unspecified atom stereocenters. The number of rotatable bonds is 0. The Morgan fingerprint density at radius 2 is 1.90 bits per heavy atom. The summed E-state index contributed by atoms with van der Waals surface area (Å²) in [5.41, 5.74) is 0.592. The van der Waals surface area contributed by atoms with E-state index in [4.69, 9.17) is 4.79 Å². The van der Waals surface area contributed by atoms with Crippen LogP contribution in [0.25, 0.3) is 0 Å². The highest BCUT2D eigenvalue weighted by Crippen LogP contribution is 2.26. The normalized spacial score (nSPS) is 23.5. The van der Waals surface area contributed by atoms with Gasteiger partial charge in [-0.25, -0.2) is 0 Å². The predicted octanol–water partition coefficient (Wildman–Crippen LogP) is 1.16. The fourth-order valence-corrected chi connectivity index (χ4v) is 1.38.